The number of carboxylic acids is 2. The molecular formula is C8H7N3O4. The Hall–Kier alpha value is -2.18. The van der Waals surface area contributed by atoms with Gasteiger partial charge in [-0.05, 0) is 6.08 Å². The van der Waals surface area contributed by atoms with Gasteiger partial charge in [0, 0.05) is 0 Å². The number of aliphatic imine (C=N–C) groups is 1. The SMILES string of the molecule is O=C(O)C1(C(=O)O)C=C2C=NC=NN2C1. The third-order valence-corrected chi connectivity index (χ3v) is 2.32. The van der Waals surface area contributed by atoms with Crippen molar-refractivity contribution in [2.75, 3.05) is 6.54 Å². The van der Waals surface area contributed by atoms with Gasteiger partial charge in [0.25, 0.3) is 0 Å². The fraction of sp³-hybridized carbons (Fsp3) is 0.250. The molecule has 0 saturated heterocycles. The Morgan fingerprint density at radius 3 is 2.60 bits per heavy atom. The molecule has 7 nitrogen and oxygen atoms in total. The zero-order valence-electron chi connectivity index (χ0n) is 7.49. The topological polar surface area (TPSA) is 103 Å². The highest BCUT2D eigenvalue weighted by Gasteiger charge is 2.51. The van der Waals surface area contributed by atoms with Crippen LogP contribution in [-0.4, -0.2) is 46.3 Å². The molecule has 2 rings (SSSR count). The molecule has 0 bridgehead atoms. The maximum absolute atomic E-state index is 11.0. The summed E-state index contributed by atoms with van der Waals surface area (Å²) in [5.74, 6) is -2.80. The normalized spacial score (nSPS) is 21.1. The molecule has 0 aliphatic carbocycles. The van der Waals surface area contributed by atoms with E-state index < -0.39 is 17.4 Å². The average molecular weight is 209 g/mol. The number of carboxylic acid groups (broad SMARTS) is 2. The number of allylic oxidation sites excluding steroid dienone is 1. The summed E-state index contributed by atoms with van der Waals surface area (Å²) in [6.07, 6.45) is 3.76. The van der Waals surface area contributed by atoms with Crippen molar-refractivity contribution in [3.63, 3.8) is 0 Å². The molecule has 0 fully saturated rings. The van der Waals surface area contributed by atoms with E-state index in [0.29, 0.717) is 5.70 Å². The van der Waals surface area contributed by atoms with Crippen molar-refractivity contribution in [3.05, 3.63) is 11.8 Å². The van der Waals surface area contributed by atoms with Crippen molar-refractivity contribution in [3.8, 4) is 0 Å². The van der Waals surface area contributed by atoms with E-state index in [1.54, 1.807) is 0 Å². The van der Waals surface area contributed by atoms with Gasteiger partial charge in [0.2, 0.25) is 5.41 Å². The van der Waals surface area contributed by atoms with Crippen LogP contribution in [0.1, 0.15) is 0 Å². The Labute approximate surface area is 84.0 Å². The minimum absolute atomic E-state index is 0.213. The van der Waals surface area contributed by atoms with Gasteiger partial charge in [0.1, 0.15) is 6.34 Å². The molecule has 0 aromatic rings. The molecule has 0 aromatic carbocycles. The molecule has 0 unspecified atom stereocenters. The summed E-state index contributed by atoms with van der Waals surface area (Å²) in [7, 11) is 0. The number of hydrazone groups is 1. The van der Waals surface area contributed by atoms with Crippen molar-refractivity contribution < 1.29 is 19.8 Å². The van der Waals surface area contributed by atoms with Crippen molar-refractivity contribution in [2.45, 2.75) is 0 Å². The molecule has 15 heavy (non-hydrogen) atoms. The number of fused-ring (bicyclic) bond motifs is 1. The van der Waals surface area contributed by atoms with Crippen LogP contribution in [0.3, 0.4) is 0 Å². The van der Waals surface area contributed by atoms with Gasteiger partial charge in [-0.15, -0.1) is 0 Å². The zero-order chi connectivity index (χ0) is 11.1. The molecular weight excluding hydrogens is 202 g/mol. The highest BCUT2D eigenvalue weighted by Crippen LogP contribution is 2.32. The third-order valence-electron chi connectivity index (χ3n) is 2.32. The summed E-state index contributed by atoms with van der Waals surface area (Å²) < 4.78 is 0. The first-order valence-corrected chi connectivity index (χ1v) is 4.09. The van der Waals surface area contributed by atoms with Gasteiger partial charge in [-0.2, -0.15) is 5.10 Å². The van der Waals surface area contributed by atoms with Gasteiger partial charge in [-0.1, -0.05) is 0 Å². The molecule has 2 N–H and O–H groups in total. The van der Waals surface area contributed by atoms with Crippen molar-refractivity contribution in [1.29, 1.82) is 0 Å². The first kappa shape index (κ1) is 9.38. The number of carbonyl (C=O) groups is 2. The summed E-state index contributed by atoms with van der Waals surface area (Å²) >= 11 is 0. The van der Waals surface area contributed by atoms with Crippen LogP contribution in [0.5, 0.6) is 0 Å². The van der Waals surface area contributed by atoms with Crippen LogP contribution in [0, 0.1) is 5.41 Å². The van der Waals surface area contributed by atoms with Crippen LogP contribution in [0.4, 0.5) is 0 Å². The number of hydrogen-bond donors (Lipinski definition) is 2. The summed E-state index contributed by atoms with van der Waals surface area (Å²) in [6.45, 7) is -0.213. The molecule has 78 valence electrons. The van der Waals surface area contributed by atoms with E-state index in [-0.39, 0.29) is 6.54 Å². The van der Waals surface area contributed by atoms with E-state index in [4.69, 9.17) is 10.2 Å². The van der Waals surface area contributed by atoms with Gasteiger partial charge in [-0.3, -0.25) is 14.6 Å². The van der Waals surface area contributed by atoms with Crippen LogP contribution in [-0.2, 0) is 9.59 Å². The molecule has 2 aliphatic rings. The zero-order valence-corrected chi connectivity index (χ0v) is 7.49. The van der Waals surface area contributed by atoms with Crippen LogP contribution in [0.2, 0.25) is 0 Å². The lowest BCUT2D eigenvalue weighted by Gasteiger charge is -2.19. The van der Waals surface area contributed by atoms with Crippen molar-refractivity contribution >= 4 is 24.5 Å². The molecule has 0 saturated carbocycles. The van der Waals surface area contributed by atoms with Crippen molar-refractivity contribution in [1.82, 2.24) is 5.01 Å². The smallest absolute Gasteiger partial charge is 0.327 e. The predicted octanol–water partition coefficient (Wildman–Crippen LogP) is -0.631. The Morgan fingerprint density at radius 1 is 1.40 bits per heavy atom. The van der Waals surface area contributed by atoms with E-state index in [9.17, 15) is 9.59 Å². The number of hydrogen-bond acceptors (Lipinski definition) is 5. The Morgan fingerprint density at radius 2 is 2.07 bits per heavy atom. The van der Waals surface area contributed by atoms with Gasteiger partial charge >= 0.3 is 11.9 Å². The summed E-state index contributed by atoms with van der Waals surface area (Å²) in [5.41, 5.74) is -1.54. The van der Waals surface area contributed by atoms with Crippen LogP contribution in [0.15, 0.2) is 21.9 Å². The Bertz CT molecular complexity index is 410. The fourth-order valence-corrected chi connectivity index (χ4v) is 1.46. The van der Waals surface area contributed by atoms with E-state index in [2.05, 4.69) is 10.1 Å². The highest BCUT2D eigenvalue weighted by atomic mass is 16.4. The van der Waals surface area contributed by atoms with E-state index >= 15 is 0 Å². The maximum Gasteiger partial charge on any atom is 0.327 e. The fourth-order valence-electron chi connectivity index (χ4n) is 1.46. The highest BCUT2D eigenvalue weighted by molar-refractivity contribution is 6.03. The van der Waals surface area contributed by atoms with E-state index in [1.165, 1.54) is 17.6 Å². The second kappa shape index (κ2) is 2.91. The van der Waals surface area contributed by atoms with Gasteiger partial charge in [-0.25, -0.2) is 4.99 Å². The third kappa shape index (κ3) is 1.20. The first-order chi connectivity index (χ1) is 7.06. The molecule has 7 heteroatoms. The lowest BCUT2D eigenvalue weighted by molar-refractivity contribution is -0.160. The first-order valence-electron chi connectivity index (χ1n) is 4.09. The molecule has 0 spiro atoms. The predicted molar refractivity (Wildman–Crippen MR) is 49.5 cm³/mol. The number of rotatable bonds is 2. The number of aliphatic carboxylic acids is 2. The van der Waals surface area contributed by atoms with Gasteiger partial charge < -0.3 is 10.2 Å². The van der Waals surface area contributed by atoms with E-state index in [0.717, 1.165) is 6.08 Å². The lowest BCUT2D eigenvalue weighted by atomic mass is 9.90. The maximum atomic E-state index is 11.0. The average Bonchev–Trinajstić information content (AvgIpc) is 2.57. The van der Waals surface area contributed by atoms with Crippen LogP contribution >= 0.6 is 0 Å². The molecule has 2 aliphatic heterocycles. The van der Waals surface area contributed by atoms with Crippen LogP contribution in [0.25, 0.3) is 0 Å². The second-order valence-corrected chi connectivity index (χ2v) is 3.22. The molecule has 0 radical (unpaired) electrons. The molecule has 2 heterocycles. The summed E-state index contributed by atoms with van der Waals surface area (Å²) in [5, 5.41) is 22.9. The Kier molecular flexibility index (Phi) is 1.82. The Balaban J connectivity index is 2.44. The largest absolute Gasteiger partial charge is 0.480 e. The summed E-state index contributed by atoms with van der Waals surface area (Å²) in [4.78, 5) is 25.6. The van der Waals surface area contributed by atoms with Crippen molar-refractivity contribution in [2.24, 2.45) is 15.5 Å². The number of nitrogens with zero attached hydrogens (tertiary/aromatic N) is 3. The minimum atomic E-state index is -1.93. The second-order valence-electron chi connectivity index (χ2n) is 3.22. The molecule has 0 amide bonds. The molecule has 0 atom stereocenters. The monoisotopic (exact) mass is 209 g/mol. The lowest BCUT2D eigenvalue weighted by Crippen LogP contribution is -2.41. The minimum Gasteiger partial charge on any atom is -0.480 e. The van der Waals surface area contributed by atoms with E-state index in [1.807, 2.05) is 0 Å². The summed E-state index contributed by atoms with van der Waals surface area (Å²) in [6, 6.07) is 0. The molecule has 0 aromatic heterocycles. The standard InChI is InChI=1S/C8H7N3O4/c12-6(13)8(7(14)15)1-5-2-9-4-10-11(5)3-8/h1-2,4H,3H2,(H,12,13)(H,14,15). The quantitative estimate of drug-likeness (QED) is 0.589. The van der Waals surface area contributed by atoms with Gasteiger partial charge in [0.15, 0.2) is 0 Å². The van der Waals surface area contributed by atoms with Crippen LogP contribution < -0.4 is 0 Å². The van der Waals surface area contributed by atoms with Gasteiger partial charge in [0.05, 0.1) is 18.5 Å².